The lowest BCUT2D eigenvalue weighted by atomic mass is 10.0. The van der Waals surface area contributed by atoms with Crippen LogP contribution in [-0.2, 0) is 4.79 Å². The maximum atomic E-state index is 12.8. The lowest BCUT2D eigenvalue weighted by Gasteiger charge is -2.38. The lowest BCUT2D eigenvalue weighted by Crippen LogP contribution is -2.53. The summed E-state index contributed by atoms with van der Waals surface area (Å²) < 4.78 is 11.0. The van der Waals surface area contributed by atoms with Gasteiger partial charge >= 0.3 is 0 Å². The second-order valence-electron chi connectivity index (χ2n) is 6.63. The molecule has 0 aromatic heterocycles. The first-order valence-electron chi connectivity index (χ1n) is 8.11. The Hall–Kier alpha value is -2.82. The number of aryl methyl sites for hydroxylation is 1. The SMILES string of the molecule is COc1cccc(C(=O)CN2C(=O)C(C)(C)Oc3ccc(C)cc32)c1. The fraction of sp³-hybridized carbons (Fsp3) is 0.300. The van der Waals surface area contributed by atoms with E-state index in [1.165, 1.54) is 4.90 Å². The van der Waals surface area contributed by atoms with Crippen LogP contribution in [0, 0.1) is 6.92 Å². The van der Waals surface area contributed by atoms with Crippen LogP contribution in [-0.4, -0.2) is 30.9 Å². The molecule has 130 valence electrons. The van der Waals surface area contributed by atoms with Gasteiger partial charge in [-0.3, -0.25) is 14.5 Å². The molecule has 1 aliphatic rings. The zero-order chi connectivity index (χ0) is 18.2. The van der Waals surface area contributed by atoms with Crippen LogP contribution in [0.15, 0.2) is 42.5 Å². The Labute approximate surface area is 147 Å². The van der Waals surface area contributed by atoms with Crippen molar-refractivity contribution in [3.8, 4) is 11.5 Å². The summed E-state index contributed by atoms with van der Waals surface area (Å²) >= 11 is 0. The molecule has 0 radical (unpaired) electrons. The largest absolute Gasteiger partial charge is 0.497 e. The number of nitrogens with zero attached hydrogens (tertiary/aromatic N) is 1. The van der Waals surface area contributed by atoms with Gasteiger partial charge in [-0.05, 0) is 50.6 Å². The average molecular weight is 339 g/mol. The van der Waals surface area contributed by atoms with Crippen molar-refractivity contribution in [2.24, 2.45) is 0 Å². The molecule has 2 aromatic rings. The molecular formula is C20H21NO4. The Kier molecular flexibility index (Phi) is 4.25. The number of hydrogen-bond acceptors (Lipinski definition) is 4. The van der Waals surface area contributed by atoms with E-state index >= 15 is 0 Å². The van der Waals surface area contributed by atoms with Crippen LogP contribution in [0.4, 0.5) is 5.69 Å². The van der Waals surface area contributed by atoms with Crippen LogP contribution in [0.2, 0.25) is 0 Å². The van der Waals surface area contributed by atoms with Gasteiger partial charge in [-0.25, -0.2) is 0 Å². The molecule has 3 rings (SSSR count). The highest BCUT2D eigenvalue weighted by Crippen LogP contribution is 2.38. The number of carbonyl (C=O) groups excluding carboxylic acids is 2. The minimum Gasteiger partial charge on any atom is -0.497 e. The molecule has 25 heavy (non-hydrogen) atoms. The molecule has 0 saturated carbocycles. The van der Waals surface area contributed by atoms with Crippen molar-refractivity contribution in [1.29, 1.82) is 0 Å². The molecule has 0 spiro atoms. The van der Waals surface area contributed by atoms with Crippen molar-refractivity contribution in [2.45, 2.75) is 26.4 Å². The smallest absolute Gasteiger partial charge is 0.271 e. The van der Waals surface area contributed by atoms with Gasteiger partial charge < -0.3 is 9.47 Å². The number of benzene rings is 2. The minimum absolute atomic E-state index is 0.0464. The van der Waals surface area contributed by atoms with Gasteiger partial charge in [0.2, 0.25) is 0 Å². The highest BCUT2D eigenvalue weighted by atomic mass is 16.5. The number of anilines is 1. The van der Waals surface area contributed by atoms with Crippen molar-refractivity contribution < 1.29 is 19.1 Å². The molecular weight excluding hydrogens is 318 g/mol. The number of Topliss-reactive ketones (excluding diaryl/α,β-unsaturated/α-hetero) is 1. The van der Waals surface area contributed by atoms with Crippen molar-refractivity contribution in [3.05, 3.63) is 53.6 Å². The van der Waals surface area contributed by atoms with E-state index in [9.17, 15) is 9.59 Å². The molecule has 5 nitrogen and oxygen atoms in total. The first-order valence-corrected chi connectivity index (χ1v) is 8.11. The van der Waals surface area contributed by atoms with Gasteiger partial charge in [-0.15, -0.1) is 0 Å². The summed E-state index contributed by atoms with van der Waals surface area (Å²) in [6.07, 6.45) is 0. The molecule has 0 saturated heterocycles. The Bertz CT molecular complexity index is 841. The molecule has 0 bridgehead atoms. The van der Waals surface area contributed by atoms with Crippen LogP contribution in [0.3, 0.4) is 0 Å². The number of hydrogen-bond donors (Lipinski definition) is 0. The average Bonchev–Trinajstić information content (AvgIpc) is 2.59. The standard InChI is InChI=1S/C20H21NO4/c1-13-8-9-18-16(10-13)21(19(23)20(2,3)25-18)12-17(22)14-6-5-7-15(11-14)24-4/h5-11H,12H2,1-4H3. The fourth-order valence-electron chi connectivity index (χ4n) is 2.87. The fourth-order valence-corrected chi connectivity index (χ4v) is 2.87. The number of ketones is 1. The lowest BCUT2D eigenvalue weighted by molar-refractivity contribution is -0.132. The predicted octanol–water partition coefficient (Wildman–Crippen LogP) is 3.39. The normalized spacial score (nSPS) is 15.4. The first-order chi connectivity index (χ1) is 11.8. The van der Waals surface area contributed by atoms with Crippen molar-refractivity contribution >= 4 is 17.4 Å². The van der Waals surface area contributed by atoms with Crippen LogP contribution in [0.5, 0.6) is 11.5 Å². The molecule has 0 fully saturated rings. The highest BCUT2D eigenvalue weighted by Gasteiger charge is 2.41. The number of fused-ring (bicyclic) bond motifs is 1. The van der Waals surface area contributed by atoms with Gasteiger partial charge in [0.15, 0.2) is 11.4 Å². The Morgan fingerprint density at radius 1 is 1.20 bits per heavy atom. The quantitative estimate of drug-likeness (QED) is 0.801. The van der Waals surface area contributed by atoms with E-state index in [0.717, 1.165) is 5.56 Å². The van der Waals surface area contributed by atoms with Gasteiger partial charge in [0.1, 0.15) is 11.5 Å². The van der Waals surface area contributed by atoms with Crippen LogP contribution >= 0.6 is 0 Å². The molecule has 0 aliphatic carbocycles. The van der Waals surface area contributed by atoms with Gasteiger partial charge in [0.25, 0.3) is 5.91 Å². The third-order valence-corrected chi connectivity index (χ3v) is 4.22. The summed E-state index contributed by atoms with van der Waals surface area (Å²) in [6.45, 7) is 5.31. The molecule has 0 atom stereocenters. The Balaban J connectivity index is 1.96. The molecule has 1 heterocycles. The molecule has 0 N–H and O–H groups in total. The maximum Gasteiger partial charge on any atom is 0.271 e. The summed E-state index contributed by atoms with van der Waals surface area (Å²) in [7, 11) is 1.55. The Morgan fingerprint density at radius 3 is 2.68 bits per heavy atom. The van der Waals surface area contributed by atoms with Gasteiger partial charge in [-0.1, -0.05) is 18.2 Å². The maximum absolute atomic E-state index is 12.8. The van der Waals surface area contributed by atoms with E-state index in [1.807, 2.05) is 25.1 Å². The summed E-state index contributed by atoms with van der Waals surface area (Å²) in [6, 6.07) is 12.6. The summed E-state index contributed by atoms with van der Waals surface area (Å²) in [5, 5.41) is 0. The minimum atomic E-state index is -1.02. The van der Waals surface area contributed by atoms with E-state index in [-0.39, 0.29) is 18.2 Å². The second-order valence-corrected chi connectivity index (χ2v) is 6.63. The zero-order valence-electron chi connectivity index (χ0n) is 14.8. The first kappa shape index (κ1) is 17.0. The second kappa shape index (κ2) is 6.24. The monoisotopic (exact) mass is 339 g/mol. The topological polar surface area (TPSA) is 55.8 Å². The zero-order valence-corrected chi connectivity index (χ0v) is 14.8. The summed E-state index contributed by atoms with van der Waals surface area (Å²) in [4.78, 5) is 27.1. The van der Waals surface area contributed by atoms with E-state index in [4.69, 9.17) is 9.47 Å². The van der Waals surface area contributed by atoms with E-state index in [2.05, 4.69) is 0 Å². The number of rotatable bonds is 4. The van der Waals surface area contributed by atoms with E-state index in [1.54, 1.807) is 45.2 Å². The third-order valence-electron chi connectivity index (χ3n) is 4.22. The van der Waals surface area contributed by atoms with Crippen molar-refractivity contribution in [1.82, 2.24) is 0 Å². The molecule has 5 heteroatoms. The van der Waals surface area contributed by atoms with E-state index in [0.29, 0.717) is 22.7 Å². The van der Waals surface area contributed by atoms with Gasteiger partial charge in [0, 0.05) is 5.56 Å². The van der Waals surface area contributed by atoms with Crippen LogP contribution in [0.1, 0.15) is 29.8 Å². The molecule has 2 aromatic carbocycles. The number of carbonyl (C=O) groups is 2. The van der Waals surface area contributed by atoms with Gasteiger partial charge in [-0.2, -0.15) is 0 Å². The summed E-state index contributed by atoms with van der Waals surface area (Å²) in [5.41, 5.74) is 1.11. The Morgan fingerprint density at radius 2 is 1.96 bits per heavy atom. The molecule has 1 aliphatic heterocycles. The number of methoxy groups -OCH3 is 1. The number of amides is 1. The van der Waals surface area contributed by atoms with Crippen LogP contribution < -0.4 is 14.4 Å². The summed E-state index contributed by atoms with van der Waals surface area (Å²) in [5.74, 6) is 0.823. The highest BCUT2D eigenvalue weighted by molar-refractivity contribution is 6.09. The van der Waals surface area contributed by atoms with Crippen molar-refractivity contribution in [2.75, 3.05) is 18.6 Å². The van der Waals surface area contributed by atoms with Crippen LogP contribution in [0.25, 0.3) is 0 Å². The third kappa shape index (κ3) is 3.22. The predicted molar refractivity (Wildman–Crippen MR) is 95.6 cm³/mol. The van der Waals surface area contributed by atoms with Crippen molar-refractivity contribution in [3.63, 3.8) is 0 Å². The molecule has 1 amide bonds. The van der Waals surface area contributed by atoms with E-state index < -0.39 is 5.60 Å². The number of ether oxygens (including phenoxy) is 2. The van der Waals surface area contributed by atoms with Gasteiger partial charge in [0.05, 0.1) is 19.3 Å². The molecule has 0 unspecified atom stereocenters.